The van der Waals surface area contributed by atoms with Gasteiger partial charge in [-0.2, -0.15) is 4.74 Å². The van der Waals surface area contributed by atoms with Gasteiger partial charge in [-0.05, 0) is 24.3 Å². The van der Waals surface area contributed by atoms with E-state index in [-0.39, 0.29) is 5.91 Å². The summed E-state index contributed by atoms with van der Waals surface area (Å²) < 4.78 is 1.02. The highest BCUT2D eigenvalue weighted by Gasteiger charge is 2.38. The summed E-state index contributed by atoms with van der Waals surface area (Å²) in [5.74, 6) is 0.872. The van der Waals surface area contributed by atoms with Crippen LogP contribution in [0.25, 0.3) is 0 Å². The number of piperazine rings is 1. The van der Waals surface area contributed by atoms with Crippen LogP contribution in [-0.2, 0) is 4.79 Å². The van der Waals surface area contributed by atoms with Gasteiger partial charge in [-0.3, -0.25) is 9.79 Å². The van der Waals surface area contributed by atoms with Crippen LogP contribution < -0.4 is 9.80 Å². The molecule has 0 saturated carbocycles. The molecule has 5 rings (SSSR count). The second-order valence-electron chi connectivity index (χ2n) is 7.53. The Labute approximate surface area is 169 Å². The predicted octanol–water partition coefficient (Wildman–Crippen LogP) is 2.22. The molecule has 29 heavy (non-hydrogen) atoms. The third kappa shape index (κ3) is 2.93. The number of anilines is 2. The van der Waals surface area contributed by atoms with Gasteiger partial charge in [0.2, 0.25) is 17.4 Å². The van der Waals surface area contributed by atoms with Crippen molar-refractivity contribution in [2.45, 2.75) is 6.92 Å². The molecule has 0 bridgehead atoms. The topological polar surface area (TPSA) is 65.2 Å². The Morgan fingerprint density at radius 1 is 1.03 bits per heavy atom. The monoisotopic (exact) mass is 389 g/mol. The van der Waals surface area contributed by atoms with E-state index in [1.54, 1.807) is 6.92 Å². The van der Waals surface area contributed by atoms with Crippen LogP contribution in [-0.4, -0.2) is 66.4 Å². The first-order valence-electron chi connectivity index (χ1n) is 10.00. The first kappa shape index (κ1) is 17.7. The smallest absolute Gasteiger partial charge is 0.267 e. The van der Waals surface area contributed by atoms with Gasteiger partial charge in [0.1, 0.15) is 5.69 Å². The Kier molecular flexibility index (Phi) is 4.23. The fraction of sp³-hybridized carbons (Fsp3) is 0.318. The van der Waals surface area contributed by atoms with Crippen molar-refractivity contribution < 1.29 is 9.53 Å². The molecule has 0 atom stereocenters. The molecule has 148 valence electrons. The molecule has 0 aliphatic carbocycles. The molecule has 2 aromatic carbocycles. The van der Waals surface area contributed by atoms with Gasteiger partial charge >= 0.3 is 0 Å². The van der Waals surface area contributed by atoms with E-state index in [1.807, 2.05) is 47.4 Å². The molecule has 1 amide bonds. The van der Waals surface area contributed by atoms with E-state index in [9.17, 15) is 10.0 Å². The molecule has 0 spiro atoms. The van der Waals surface area contributed by atoms with Crippen LogP contribution in [0.3, 0.4) is 0 Å². The van der Waals surface area contributed by atoms with Crippen molar-refractivity contribution >= 4 is 34.5 Å². The highest BCUT2D eigenvalue weighted by Crippen LogP contribution is 2.38. The number of fused-ring (bicyclic) bond motifs is 3. The molecule has 0 radical (unpaired) electrons. The van der Waals surface area contributed by atoms with Gasteiger partial charge in [-0.1, -0.05) is 18.2 Å². The first-order chi connectivity index (χ1) is 14.1. The van der Waals surface area contributed by atoms with Crippen molar-refractivity contribution in [3.05, 3.63) is 59.3 Å². The number of hydrogen-bond donors (Lipinski definition) is 0. The minimum atomic E-state index is 0.124. The summed E-state index contributed by atoms with van der Waals surface area (Å²) in [6.07, 6.45) is 0. The molecule has 3 aliphatic rings. The lowest BCUT2D eigenvalue weighted by Gasteiger charge is -2.36. The standard InChI is InChI=1S/C22H23N5O2/c1-16(28)24-11-13-25(14-12-24)18-7-8-19-20(15-18)26-10-9-23-22(26)21(27(19)29)17-5-3-2-4-6-17/h2-8,15H,9-14H2,1H3. The average molecular weight is 389 g/mol. The largest absolute Gasteiger partial charge is 0.618 e. The van der Waals surface area contributed by atoms with Gasteiger partial charge in [0.15, 0.2) is 0 Å². The number of amides is 1. The molecule has 7 heteroatoms. The highest BCUT2D eigenvalue weighted by molar-refractivity contribution is 6.51. The van der Waals surface area contributed by atoms with E-state index < -0.39 is 0 Å². The Balaban J connectivity index is 1.52. The Bertz CT molecular complexity index is 1020. The maximum Gasteiger partial charge on any atom is 0.267 e. The zero-order valence-corrected chi connectivity index (χ0v) is 16.4. The minimum absolute atomic E-state index is 0.124. The van der Waals surface area contributed by atoms with Gasteiger partial charge in [-0.15, -0.1) is 0 Å². The van der Waals surface area contributed by atoms with E-state index in [4.69, 9.17) is 0 Å². The number of carbonyl (C=O) groups is 1. The molecule has 2 aromatic rings. The summed E-state index contributed by atoms with van der Waals surface area (Å²) in [6.45, 7) is 6.11. The number of benzene rings is 2. The molecule has 1 fully saturated rings. The van der Waals surface area contributed by atoms with Crippen LogP contribution in [0.2, 0.25) is 0 Å². The average Bonchev–Trinajstić information content (AvgIpc) is 3.24. The third-order valence-electron chi connectivity index (χ3n) is 5.86. The SMILES string of the molecule is CC(=O)N1CCN(c2ccc3c(c2)N2CCN=C2C(c2ccccc2)=[N+]3[O-])CC1. The second kappa shape index (κ2) is 6.92. The van der Waals surface area contributed by atoms with Crippen molar-refractivity contribution in [2.24, 2.45) is 4.99 Å². The maximum atomic E-state index is 13.3. The fourth-order valence-corrected chi connectivity index (χ4v) is 4.31. The number of amidine groups is 1. The van der Waals surface area contributed by atoms with Crippen molar-refractivity contribution in [3.63, 3.8) is 0 Å². The van der Waals surface area contributed by atoms with Crippen LogP contribution in [0.15, 0.2) is 53.5 Å². The van der Waals surface area contributed by atoms with Crippen molar-refractivity contribution in [2.75, 3.05) is 49.1 Å². The summed E-state index contributed by atoms with van der Waals surface area (Å²) in [4.78, 5) is 22.5. The molecule has 3 aliphatic heterocycles. The van der Waals surface area contributed by atoms with Crippen LogP contribution in [0.4, 0.5) is 17.1 Å². The van der Waals surface area contributed by atoms with Gasteiger partial charge in [0, 0.05) is 51.4 Å². The molecular formula is C22H23N5O2. The van der Waals surface area contributed by atoms with Gasteiger partial charge < -0.3 is 19.9 Å². The van der Waals surface area contributed by atoms with Crippen molar-refractivity contribution in [1.29, 1.82) is 0 Å². The molecule has 0 N–H and O–H groups in total. The number of carbonyl (C=O) groups excluding carboxylic acids is 1. The third-order valence-corrected chi connectivity index (χ3v) is 5.86. The molecular weight excluding hydrogens is 366 g/mol. The lowest BCUT2D eigenvalue weighted by Crippen LogP contribution is -2.48. The zero-order chi connectivity index (χ0) is 20.0. The number of rotatable bonds is 2. The summed E-state index contributed by atoms with van der Waals surface area (Å²) in [5.41, 5.74) is 4.12. The quantitative estimate of drug-likeness (QED) is 0.584. The number of aliphatic imine (C=N–C) groups is 1. The van der Waals surface area contributed by atoms with Crippen LogP contribution in [0.1, 0.15) is 12.5 Å². The van der Waals surface area contributed by atoms with E-state index in [0.29, 0.717) is 17.9 Å². The van der Waals surface area contributed by atoms with E-state index in [2.05, 4.69) is 20.9 Å². The Morgan fingerprint density at radius 3 is 2.52 bits per heavy atom. The minimum Gasteiger partial charge on any atom is -0.618 e. The van der Waals surface area contributed by atoms with Crippen molar-refractivity contribution in [3.8, 4) is 0 Å². The van der Waals surface area contributed by atoms with Gasteiger partial charge in [0.25, 0.3) is 5.71 Å². The van der Waals surface area contributed by atoms with Crippen LogP contribution >= 0.6 is 0 Å². The molecule has 0 aromatic heterocycles. The Hall–Kier alpha value is -3.35. The number of hydrogen-bond acceptors (Lipinski definition) is 5. The Morgan fingerprint density at radius 2 is 1.79 bits per heavy atom. The molecule has 7 nitrogen and oxygen atoms in total. The summed E-state index contributed by atoms with van der Waals surface area (Å²) in [7, 11) is 0. The second-order valence-corrected chi connectivity index (χ2v) is 7.53. The van der Waals surface area contributed by atoms with E-state index in [1.165, 1.54) is 0 Å². The lowest BCUT2D eigenvalue weighted by molar-refractivity contribution is -0.358. The molecule has 3 heterocycles. The number of nitrogens with zero attached hydrogens (tertiary/aromatic N) is 5. The summed E-state index contributed by atoms with van der Waals surface area (Å²) in [6, 6.07) is 15.7. The lowest BCUT2D eigenvalue weighted by atomic mass is 10.0. The molecule has 1 saturated heterocycles. The molecule has 0 unspecified atom stereocenters. The van der Waals surface area contributed by atoms with Crippen LogP contribution in [0.5, 0.6) is 0 Å². The van der Waals surface area contributed by atoms with E-state index in [0.717, 1.165) is 60.2 Å². The van der Waals surface area contributed by atoms with E-state index >= 15 is 0 Å². The van der Waals surface area contributed by atoms with Gasteiger partial charge in [-0.25, -0.2) is 0 Å². The normalized spacial score (nSPS) is 18.5. The maximum absolute atomic E-state index is 13.3. The van der Waals surface area contributed by atoms with Crippen molar-refractivity contribution in [1.82, 2.24) is 4.90 Å². The van der Waals surface area contributed by atoms with Gasteiger partial charge in [0.05, 0.1) is 12.1 Å². The fourth-order valence-electron chi connectivity index (χ4n) is 4.31. The summed E-state index contributed by atoms with van der Waals surface area (Å²) >= 11 is 0. The van der Waals surface area contributed by atoms with Crippen LogP contribution in [0, 0.1) is 5.21 Å². The summed E-state index contributed by atoms with van der Waals surface area (Å²) in [5, 5.41) is 13.3. The first-order valence-corrected chi connectivity index (χ1v) is 10.00. The zero-order valence-electron chi connectivity index (χ0n) is 16.4. The predicted molar refractivity (Wildman–Crippen MR) is 114 cm³/mol. The highest BCUT2D eigenvalue weighted by atomic mass is 16.5.